The molecule has 0 spiro atoms. The van der Waals surface area contributed by atoms with Gasteiger partial charge in [0.2, 0.25) is 17.1 Å². The average Bonchev–Trinajstić information content (AvgIpc) is 2.66. The van der Waals surface area contributed by atoms with Gasteiger partial charge in [-0.3, -0.25) is 4.79 Å². The van der Waals surface area contributed by atoms with Crippen LogP contribution in [0.25, 0.3) is 0 Å². The van der Waals surface area contributed by atoms with Crippen molar-refractivity contribution in [3.05, 3.63) is 74.7 Å². The molecule has 1 aliphatic heterocycles. The number of methoxy groups -OCH3 is 1. The zero-order valence-corrected chi connectivity index (χ0v) is 14.4. The van der Waals surface area contributed by atoms with Crippen LogP contribution in [0.5, 0.6) is 5.75 Å². The lowest BCUT2D eigenvalue weighted by Gasteiger charge is -2.26. The minimum absolute atomic E-state index is 0.117. The van der Waals surface area contributed by atoms with Crippen molar-refractivity contribution in [1.82, 2.24) is 0 Å². The Hall–Kier alpha value is -3.27. The number of rotatable bonds is 3. The lowest BCUT2D eigenvalue weighted by atomic mass is 9.86. The fraction of sp³-hybridized carbons (Fsp3) is 0.222. The highest BCUT2D eigenvalue weighted by Gasteiger charge is 2.39. The van der Waals surface area contributed by atoms with Crippen molar-refractivity contribution >= 4 is 5.97 Å². The number of ether oxygens (including phenoxy) is 2. The fourth-order valence-electron chi connectivity index (χ4n) is 2.87. The third-order valence-corrected chi connectivity index (χ3v) is 4.14. The summed E-state index contributed by atoms with van der Waals surface area (Å²) in [5.74, 6) is -3.14. The van der Waals surface area contributed by atoms with Gasteiger partial charge in [-0.05, 0) is 17.7 Å². The molecule has 3 rings (SSSR count). The van der Waals surface area contributed by atoms with Crippen molar-refractivity contribution in [2.45, 2.75) is 18.7 Å². The van der Waals surface area contributed by atoms with Crippen molar-refractivity contribution in [3.63, 3.8) is 0 Å². The van der Waals surface area contributed by atoms with E-state index >= 15 is 0 Å². The van der Waals surface area contributed by atoms with Crippen molar-refractivity contribution in [3.8, 4) is 5.75 Å². The summed E-state index contributed by atoms with van der Waals surface area (Å²) >= 11 is 0. The standard InChI is InChI=1S/C18H14F3NO6/c1-26-17(25)13-12(8-2-4-9(5-3-8)18(19,20)21)15-14(28-16(13)22)11(24)6-10(7-23)27-15/h2-6,12,23H,7,22H2,1H3. The summed E-state index contributed by atoms with van der Waals surface area (Å²) in [7, 11) is 1.09. The van der Waals surface area contributed by atoms with Gasteiger partial charge in [-0.2, -0.15) is 13.2 Å². The number of alkyl halides is 3. The number of carbonyl (C=O) groups is 1. The summed E-state index contributed by atoms with van der Waals surface area (Å²) in [4.78, 5) is 24.5. The van der Waals surface area contributed by atoms with Crippen LogP contribution in [-0.2, 0) is 22.3 Å². The van der Waals surface area contributed by atoms with Crippen molar-refractivity contribution in [2.75, 3.05) is 7.11 Å². The Morgan fingerprint density at radius 3 is 2.46 bits per heavy atom. The lowest BCUT2D eigenvalue weighted by molar-refractivity contribution is -0.138. The van der Waals surface area contributed by atoms with Gasteiger partial charge in [0, 0.05) is 6.07 Å². The number of halogens is 3. The topological polar surface area (TPSA) is 112 Å². The summed E-state index contributed by atoms with van der Waals surface area (Å²) < 4.78 is 54.0. The molecule has 0 radical (unpaired) electrons. The van der Waals surface area contributed by atoms with E-state index < -0.39 is 41.5 Å². The first-order valence-electron chi connectivity index (χ1n) is 7.88. The van der Waals surface area contributed by atoms with Crippen LogP contribution >= 0.6 is 0 Å². The Labute approximate surface area is 155 Å². The average molecular weight is 397 g/mol. The summed E-state index contributed by atoms with van der Waals surface area (Å²) in [5.41, 5.74) is 4.15. The van der Waals surface area contributed by atoms with E-state index in [1.54, 1.807) is 0 Å². The number of hydrogen-bond acceptors (Lipinski definition) is 7. The summed E-state index contributed by atoms with van der Waals surface area (Å²) in [5, 5.41) is 9.29. The molecule has 3 N–H and O–H groups in total. The molecule has 10 heteroatoms. The van der Waals surface area contributed by atoms with E-state index in [2.05, 4.69) is 4.74 Å². The Balaban J connectivity index is 2.24. The van der Waals surface area contributed by atoms with Gasteiger partial charge in [0.1, 0.15) is 17.9 Å². The number of fused-ring (bicyclic) bond motifs is 1. The molecular weight excluding hydrogens is 383 g/mol. The van der Waals surface area contributed by atoms with Crippen LogP contribution in [0.4, 0.5) is 13.2 Å². The molecule has 0 aliphatic carbocycles. The van der Waals surface area contributed by atoms with Gasteiger partial charge >= 0.3 is 12.1 Å². The minimum atomic E-state index is -4.55. The zero-order chi connectivity index (χ0) is 20.6. The minimum Gasteiger partial charge on any atom is -0.465 e. The predicted octanol–water partition coefficient (Wildman–Crippen LogP) is 2.02. The van der Waals surface area contributed by atoms with Gasteiger partial charge in [0.15, 0.2) is 5.76 Å². The smallest absolute Gasteiger partial charge is 0.416 e. The van der Waals surface area contributed by atoms with Gasteiger partial charge in [-0.25, -0.2) is 4.79 Å². The first-order chi connectivity index (χ1) is 13.2. The molecule has 0 fully saturated rings. The first-order valence-corrected chi connectivity index (χ1v) is 7.88. The summed E-state index contributed by atoms with van der Waals surface area (Å²) in [6.45, 7) is -0.616. The molecule has 1 atom stereocenters. The molecule has 1 aromatic heterocycles. The monoisotopic (exact) mass is 397 g/mol. The molecule has 148 valence electrons. The number of carbonyl (C=O) groups excluding carboxylic acids is 1. The molecule has 0 bridgehead atoms. The van der Waals surface area contributed by atoms with Crippen LogP contribution < -0.4 is 15.9 Å². The van der Waals surface area contributed by atoms with Crippen LogP contribution in [0.15, 0.2) is 51.0 Å². The number of aliphatic hydroxyl groups excluding tert-OH is 1. The van der Waals surface area contributed by atoms with E-state index in [9.17, 15) is 27.9 Å². The molecule has 28 heavy (non-hydrogen) atoms. The molecular formula is C18H14F3NO6. The molecule has 7 nitrogen and oxygen atoms in total. The van der Waals surface area contributed by atoms with E-state index in [0.717, 1.165) is 37.4 Å². The molecule has 1 aliphatic rings. The second kappa shape index (κ2) is 7.04. The van der Waals surface area contributed by atoms with Crippen LogP contribution in [0, 0.1) is 0 Å². The third kappa shape index (κ3) is 3.33. The molecule has 2 aromatic rings. The van der Waals surface area contributed by atoms with Crippen LogP contribution in [-0.4, -0.2) is 18.2 Å². The number of esters is 1. The van der Waals surface area contributed by atoms with Crippen LogP contribution in [0.3, 0.4) is 0 Å². The quantitative estimate of drug-likeness (QED) is 0.762. The van der Waals surface area contributed by atoms with Gasteiger partial charge < -0.3 is 24.7 Å². The second-order valence-electron chi connectivity index (χ2n) is 5.85. The number of aliphatic hydroxyl groups is 1. The highest BCUT2D eigenvalue weighted by atomic mass is 19.4. The largest absolute Gasteiger partial charge is 0.465 e. The first kappa shape index (κ1) is 19.5. The number of hydrogen-bond donors (Lipinski definition) is 2. The summed E-state index contributed by atoms with van der Waals surface area (Å²) in [6, 6.07) is 4.89. The predicted molar refractivity (Wildman–Crippen MR) is 88.0 cm³/mol. The van der Waals surface area contributed by atoms with E-state index in [0.29, 0.717) is 0 Å². The fourth-order valence-corrected chi connectivity index (χ4v) is 2.87. The maximum Gasteiger partial charge on any atom is 0.416 e. The van der Waals surface area contributed by atoms with Crippen molar-refractivity contribution in [1.29, 1.82) is 0 Å². The number of nitrogens with two attached hydrogens (primary N) is 1. The Bertz CT molecular complexity index is 1010. The maximum absolute atomic E-state index is 12.9. The lowest BCUT2D eigenvalue weighted by Crippen LogP contribution is -2.29. The second-order valence-corrected chi connectivity index (χ2v) is 5.85. The van der Waals surface area contributed by atoms with E-state index in [1.807, 2.05) is 0 Å². The Morgan fingerprint density at radius 1 is 1.29 bits per heavy atom. The van der Waals surface area contributed by atoms with E-state index in [1.165, 1.54) is 0 Å². The van der Waals surface area contributed by atoms with Gasteiger partial charge in [0.25, 0.3) is 0 Å². The third-order valence-electron chi connectivity index (χ3n) is 4.14. The SMILES string of the molecule is COC(=O)C1=C(N)Oc2c(oc(CO)cc2=O)C1c1ccc(C(F)(F)F)cc1. The number of benzene rings is 1. The normalized spacial score (nSPS) is 16.4. The van der Waals surface area contributed by atoms with E-state index in [-0.39, 0.29) is 28.4 Å². The highest BCUT2D eigenvalue weighted by molar-refractivity contribution is 5.92. The van der Waals surface area contributed by atoms with E-state index in [4.69, 9.17) is 14.9 Å². The molecule has 1 unspecified atom stereocenters. The van der Waals surface area contributed by atoms with Crippen LogP contribution in [0.2, 0.25) is 0 Å². The Morgan fingerprint density at radius 2 is 1.93 bits per heavy atom. The van der Waals surface area contributed by atoms with Gasteiger partial charge in [-0.1, -0.05) is 12.1 Å². The summed E-state index contributed by atoms with van der Waals surface area (Å²) in [6.07, 6.45) is -4.55. The van der Waals surface area contributed by atoms with Gasteiger partial charge in [0.05, 0.1) is 18.6 Å². The molecule has 0 amide bonds. The van der Waals surface area contributed by atoms with Gasteiger partial charge in [-0.15, -0.1) is 0 Å². The molecule has 0 saturated heterocycles. The molecule has 1 aromatic carbocycles. The van der Waals surface area contributed by atoms with Crippen molar-refractivity contribution < 1.29 is 37.0 Å². The van der Waals surface area contributed by atoms with Crippen LogP contribution in [0.1, 0.15) is 28.6 Å². The molecule has 2 heterocycles. The maximum atomic E-state index is 12.9. The van der Waals surface area contributed by atoms with Crippen molar-refractivity contribution in [2.24, 2.45) is 5.73 Å². The zero-order valence-electron chi connectivity index (χ0n) is 14.4. The Kier molecular flexibility index (Phi) is 4.90. The molecule has 0 saturated carbocycles. The highest BCUT2D eigenvalue weighted by Crippen LogP contribution is 2.42.